The van der Waals surface area contributed by atoms with Gasteiger partial charge in [-0.3, -0.25) is 4.79 Å². The lowest BCUT2D eigenvalue weighted by Crippen LogP contribution is -2.45. The van der Waals surface area contributed by atoms with Gasteiger partial charge in [-0.2, -0.15) is 0 Å². The van der Waals surface area contributed by atoms with Gasteiger partial charge < -0.3 is 14.9 Å². The number of hydrogen-bond acceptors (Lipinski definition) is 4. The first kappa shape index (κ1) is 11.1. The molecule has 88 valence electrons. The quantitative estimate of drug-likeness (QED) is 0.786. The molecule has 16 heavy (non-hydrogen) atoms. The lowest BCUT2D eigenvalue weighted by atomic mass is 9.92. The summed E-state index contributed by atoms with van der Waals surface area (Å²) in [7, 11) is 0. The molecule has 1 aliphatic rings. The molecule has 0 aliphatic heterocycles. The molecular weight excluding hydrogens is 208 g/mol. The van der Waals surface area contributed by atoms with Gasteiger partial charge in [0.05, 0.1) is 12.1 Å². The topological polar surface area (TPSA) is 75.4 Å². The maximum atomic E-state index is 11.7. The minimum atomic E-state index is -0.439. The summed E-state index contributed by atoms with van der Waals surface area (Å²) in [5.74, 6) is 0.331. The summed E-state index contributed by atoms with van der Waals surface area (Å²) >= 11 is 0. The predicted molar refractivity (Wildman–Crippen MR) is 57.0 cm³/mol. The fourth-order valence-electron chi connectivity index (χ4n) is 2.00. The largest absolute Gasteiger partial charge is 0.391 e. The number of aliphatic hydroxyl groups excluding tert-OH is 1. The van der Waals surface area contributed by atoms with E-state index in [4.69, 9.17) is 4.52 Å². The molecular formula is C11H16N2O3. The first-order valence-corrected chi connectivity index (χ1v) is 5.59. The van der Waals surface area contributed by atoms with Crippen molar-refractivity contribution in [3.05, 3.63) is 17.5 Å². The van der Waals surface area contributed by atoms with Crippen LogP contribution in [0.4, 0.5) is 0 Å². The molecule has 5 nitrogen and oxygen atoms in total. The van der Waals surface area contributed by atoms with Crippen molar-refractivity contribution in [1.82, 2.24) is 10.5 Å². The van der Waals surface area contributed by atoms with Gasteiger partial charge in [-0.1, -0.05) is 18.0 Å². The minimum Gasteiger partial charge on any atom is -0.391 e. The monoisotopic (exact) mass is 224 g/mol. The van der Waals surface area contributed by atoms with Crippen LogP contribution in [0.3, 0.4) is 0 Å². The van der Waals surface area contributed by atoms with E-state index in [1.807, 2.05) is 0 Å². The lowest BCUT2D eigenvalue weighted by Gasteiger charge is -2.27. The standard InChI is InChI=1S/C11H16N2O3/c1-7-6-9(13-16-7)11(15)12-8-4-2-3-5-10(8)14/h6,8,10,14H,2-5H2,1H3,(H,12,15). The van der Waals surface area contributed by atoms with E-state index in [1.165, 1.54) is 0 Å². The van der Waals surface area contributed by atoms with Crippen molar-refractivity contribution >= 4 is 5.91 Å². The molecule has 0 spiro atoms. The van der Waals surface area contributed by atoms with Crippen molar-refractivity contribution in [3.63, 3.8) is 0 Å². The number of hydrogen-bond donors (Lipinski definition) is 2. The van der Waals surface area contributed by atoms with Crippen LogP contribution in [0.15, 0.2) is 10.6 Å². The van der Waals surface area contributed by atoms with E-state index >= 15 is 0 Å². The Labute approximate surface area is 93.8 Å². The van der Waals surface area contributed by atoms with Gasteiger partial charge in [0.25, 0.3) is 5.91 Å². The number of aryl methyl sites for hydroxylation is 1. The van der Waals surface area contributed by atoms with Crippen LogP contribution in [-0.2, 0) is 0 Å². The van der Waals surface area contributed by atoms with Crippen LogP contribution in [-0.4, -0.2) is 28.3 Å². The first-order valence-electron chi connectivity index (χ1n) is 5.59. The number of nitrogens with zero attached hydrogens (tertiary/aromatic N) is 1. The predicted octanol–water partition coefficient (Wildman–Crippen LogP) is 1.02. The van der Waals surface area contributed by atoms with Gasteiger partial charge in [-0.15, -0.1) is 0 Å². The van der Waals surface area contributed by atoms with E-state index in [9.17, 15) is 9.90 Å². The smallest absolute Gasteiger partial charge is 0.273 e. The Morgan fingerprint density at radius 2 is 2.31 bits per heavy atom. The molecule has 1 fully saturated rings. The van der Waals surface area contributed by atoms with E-state index in [1.54, 1.807) is 13.0 Å². The molecule has 2 atom stereocenters. The van der Waals surface area contributed by atoms with Crippen molar-refractivity contribution in [2.24, 2.45) is 0 Å². The van der Waals surface area contributed by atoms with Gasteiger partial charge in [0.1, 0.15) is 5.76 Å². The third-order valence-corrected chi connectivity index (χ3v) is 2.91. The second kappa shape index (κ2) is 4.65. The fourth-order valence-corrected chi connectivity index (χ4v) is 2.00. The molecule has 1 amide bonds. The summed E-state index contributed by atoms with van der Waals surface area (Å²) in [5.41, 5.74) is 0.273. The molecule has 0 radical (unpaired) electrons. The van der Waals surface area contributed by atoms with Gasteiger partial charge in [0, 0.05) is 6.07 Å². The number of aliphatic hydroxyl groups is 1. The van der Waals surface area contributed by atoms with E-state index in [2.05, 4.69) is 10.5 Å². The normalized spacial score (nSPS) is 25.4. The van der Waals surface area contributed by atoms with Crippen LogP contribution in [0.5, 0.6) is 0 Å². The van der Waals surface area contributed by atoms with Gasteiger partial charge in [0.15, 0.2) is 5.69 Å². The summed E-state index contributed by atoms with van der Waals surface area (Å²) in [4.78, 5) is 11.7. The summed E-state index contributed by atoms with van der Waals surface area (Å²) < 4.78 is 4.83. The Bertz CT molecular complexity index is 375. The van der Waals surface area contributed by atoms with Crippen molar-refractivity contribution in [2.75, 3.05) is 0 Å². The Hall–Kier alpha value is -1.36. The molecule has 5 heteroatoms. The summed E-state index contributed by atoms with van der Waals surface area (Å²) in [6.45, 7) is 1.74. The highest BCUT2D eigenvalue weighted by Crippen LogP contribution is 2.18. The van der Waals surface area contributed by atoms with E-state index in [0.717, 1.165) is 25.7 Å². The van der Waals surface area contributed by atoms with E-state index in [0.29, 0.717) is 5.76 Å². The zero-order valence-electron chi connectivity index (χ0n) is 9.27. The Morgan fingerprint density at radius 1 is 1.56 bits per heavy atom. The average Bonchev–Trinajstić information content (AvgIpc) is 2.68. The number of carbonyl (C=O) groups is 1. The van der Waals surface area contributed by atoms with Crippen LogP contribution in [0.1, 0.15) is 41.9 Å². The molecule has 0 bridgehead atoms. The fraction of sp³-hybridized carbons (Fsp3) is 0.636. The van der Waals surface area contributed by atoms with Gasteiger partial charge in [0.2, 0.25) is 0 Å². The van der Waals surface area contributed by atoms with Crippen molar-refractivity contribution < 1.29 is 14.4 Å². The highest BCUT2D eigenvalue weighted by Gasteiger charge is 2.25. The zero-order chi connectivity index (χ0) is 11.5. The van der Waals surface area contributed by atoms with Gasteiger partial charge >= 0.3 is 0 Å². The third kappa shape index (κ3) is 2.41. The van der Waals surface area contributed by atoms with Crippen molar-refractivity contribution in [1.29, 1.82) is 0 Å². The first-order chi connectivity index (χ1) is 7.66. The lowest BCUT2D eigenvalue weighted by molar-refractivity contribution is 0.0711. The summed E-state index contributed by atoms with van der Waals surface area (Å²) in [5, 5.41) is 16.1. The molecule has 0 saturated heterocycles. The molecule has 1 aliphatic carbocycles. The molecule has 1 saturated carbocycles. The van der Waals surface area contributed by atoms with Crippen LogP contribution < -0.4 is 5.32 Å². The van der Waals surface area contributed by atoms with Crippen molar-refractivity contribution in [3.8, 4) is 0 Å². The molecule has 1 aromatic heterocycles. The SMILES string of the molecule is Cc1cc(C(=O)NC2CCCCC2O)no1. The summed E-state index contributed by atoms with van der Waals surface area (Å²) in [6.07, 6.45) is 3.20. The number of carbonyl (C=O) groups excluding carboxylic acids is 1. The Balaban J connectivity index is 1.96. The average molecular weight is 224 g/mol. The second-order valence-corrected chi connectivity index (χ2v) is 4.25. The third-order valence-electron chi connectivity index (χ3n) is 2.91. The molecule has 2 rings (SSSR count). The highest BCUT2D eigenvalue weighted by atomic mass is 16.5. The molecule has 2 unspecified atom stereocenters. The molecule has 2 N–H and O–H groups in total. The minimum absolute atomic E-state index is 0.154. The van der Waals surface area contributed by atoms with E-state index in [-0.39, 0.29) is 17.6 Å². The molecule has 1 heterocycles. The maximum absolute atomic E-state index is 11.7. The van der Waals surface area contributed by atoms with Crippen LogP contribution in [0.2, 0.25) is 0 Å². The van der Waals surface area contributed by atoms with Crippen LogP contribution in [0, 0.1) is 6.92 Å². The summed E-state index contributed by atoms with van der Waals surface area (Å²) in [6, 6.07) is 1.43. The number of rotatable bonds is 2. The number of aromatic nitrogens is 1. The van der Waals surface area contributed by atoms with Crippen molar-refractivity contribution in [2.45, 2.75) is 44.8 Å². The van der Waals surface area contributed by atoms with Crippen LogP contribution >= 0.6 is 0 Å². The highest BCUT2D eigenvalue weighted by molar-refractivity contribution is 5.92. The van der Waals surface area contributed by atoms with Gasteiger partial charge in [-0.05, 0) is 19.8 Å². The Morgan fingerprint density at radius 3 is 2.94 bits per heavy atom. The van der Waals surface area contributed by atoms with Gasteiger partial charge in [-0.25, -0.2) is 0 Å². The maximum Gasteiger partial charge on any atom is 0.273 e. The molecule has 0 aromatic carbocycles. The van der Waals surface area contributed by atoms with Crippen LogP contribution in [0.25, 0.3) is 0 Å². The number of amides is 1. The van der Waals surface area contributed by atoms with E-state index < -0.39 is 6.10 Å². The second-order valence-electron chi connectivity index (χ2n) is 4.25. The zero-order valence-corrected chi connectivity index (χ0v) is 9.27. The Kier molecular flexibility index (Phi) is 3.24. The number of nitrogens with one attached hydrogen (secondary N) is 1. The molecule has 1 aromatic rings.